The molecule has 0 aliphatic carbocycles. The van der Waals surface area contributed by atoms with Crippen molar-refractivity contribution in [3.05, 3.63) is 17.5 Å². The van der Waals surface area contributed by atoms with E-state index in [0.717, 1.165) is 11.4 Å². The molecule has 21 heavy (non-hydrogen) atoms. The number of aromatic nitrogens is 2. The fourth-order valence-corrected chi connectivity index (χ4v) is 1.73. The highest BCUT2D eigenvalue weighted by Crippen LogP contribution is 2.03. The molecule has 7 nitrogen and oxygen atoms in total. The van der Waals surface area contributed by atoms with E-state index in [0.29, 0.717) is 31.9 Å². The molecule has 0 aliphatic heterocycles. The number of aryl methyl sites for hydroxylation is 2. The minimum atomic E-state index is -0.424. The maximum atomic E-state index is 11.5. The Kier molecular flexibility index (Phi) is 7.14. The Morgan fingerprint density at radius 1 is 1.24 bits per heavy atom. The first kappa shape index (κ1) is 16.9. The fraction of sp³-hybridized carbons (Fsp3) is 0.571. The van der Waals surface area contributed by atoms with Crippen LogP contribution in [0.3, 0.4) is 0 Å². The van der Waals surface area contributed by atoms with Crippen LogP contribution in [0.2, 0.25) is 0 Å². The molecule has 0 aromatic carbocycles. The molecule has 1 aromatic rings. The second-order valence-corrected chi connectivity index (χ2v) is 4.59. The SMILES string of the molecule is CCOC(=O)CNC(=O)CCCNc1nc(C)cc(C)n1. The van der Waals surface area contributed by atoms with E-state index in [-0.39, 0.29) is 12.5 Å². The molecule has 0 fully saturated rings. The molecule has 0 atom stereocenters. The predicted molar refractivity (Wildman–Crippen MR) is 78.9 cm³/mol. The summed E-state index contributed by atoms with van der Waals surface area (Å²) >= 11 is 0. The number of nitrogens with zero attached hydrogens (tertiary/aromatic N) is 2. The molecule has 1 amide bonds. The predicted octanol–water partition coefficient (Wildman–Crippen LogP) is 0.965. The Labute approximate surface area is 124 Å². The number of nitrogens with one attached hydrogen (secondary N) is 2. The number of rotatable bonds is 8. The molecule has 1 rings (SSSR count). The highest BCUT2D eigenvalue weighted by Gasteiger charge is 2.06. The van der Waals surface area contributed by atoms with Gasteiger partial charge in [-0.25, -0.2) is 9.97 Å². The van der Waals surface area contributed by atoms with Gasteiger partial charge in [0.1, 0.15) is 6.54 Å². The highest BCUT2D eigenvalue weighted by molar-refractivity contribution is 5.81. The molecule has 7 heteroatoms. The summed E-state index contributed by atoms with van der Waals surface area (Å²) in [6, 6.07) is 1.90. The van der Waals surface area contributed by atoms with Crippen molar-refractivity contribution in [1.29, 1.82) is 0 Å². The van der Waals surface area contributed by atoms with E-state index in [9.17, 15) is 9.59 Å². The van der Waals surface area contributed by atoms with Gasteiger partial charge in [-0.3, -0.25) is 9.59 Å². The van der Waals surface area contributed by atoms with E-state index in [4.69, 9.17) is 4.74 Å². The van der Waals surface area contributed by atoms with Gasteiger partial charge in [-0.2, -0.15) is 0 Å². The minimum Gasteiger partial charge on any atom is -0.465 e. The van der Waals surface area contributed by atoms with Crippen LogP contribution in [0.1, 0.15) is 31.2 Å². The summed E-state index contributed by atoms with van der Waals surface area (Å²) in [7, 11) is 0. The number of anilines is 1. The maximum Gasteiger partial charge on any atom is 0.325 e. The number of carbonyl (C=O) groups excluding carboxylic acids is 2. The number of amides is 1. The Balaban J connectivity index is 2.18. The molecular formula is C14H22N4O3. The lowest BCUT2D eigenvalue weighted by Crippen LogP contribution is -2.30. The number of hydrogen-bond donors (Lipinski definition) is 2. The number of ether oxygens (including phenoxy) is 1. The molecule has 0 aliphatic rings. The van der Waals surface area contributed by atoms with Crippen molar-refractivity contribution in [3.63, 3.8) is 0 Å². The topological polar surface area (TPSA) is 93.2 Å². The molecule has 1 aromatic heterocycles. The van der Waals surface area contributed by atoms with Crippen molar-refractivity contribution in [2.45, 2.75) is 33.6 Å². The number of carbonyl (C=O) groups is 2. The Hall–Kier alpha value is -2.18. The molecule has 0 bridgehead atoms. The van der Waals surface area contributed by atoms with Gasteiger partial charge in [-0.15, -0.1) is 0 Å². The Morgan fingerprint density at radius 3 is 2.52 bits per heavy atom. The van der Waals surface area contributed by atoms with Crippen molar-refractivity contribution in [2.24, 2.45) is 0 Å². The van der Waals surface area contributed by atoms with Gasteiger partial charge in [0.15, 0.2) is 0 Å². The van der Waals surface area contributed by atoms with Crippen LogP contribution in [-0.2, 0) is 14.3 Å². The van der Waals surface area contributed by atoms with Crippen LogP contribution in [0.5, 0.6) is 0 Å². The van der Waals surface area contributed by atoms with Crippen LogP contribution < -0.4 is 10.6 Å². The third-order valence-corrected chi connectivity index (χ3v) is 2.58. The van der Waals surface area contributed by atoms with E-state index in [1.54, 1.807) is 6.92 Å². The lowest BCUT2D eigenvalue weighted by atomic mass is 10.3. The van der Waals surface area contributed by atoms with Gasteiger partial charge in [0, 0.05) is 24.4 Å². The third kappa shape index (κ3) is 7.24. The van der Waals surface area contributed by atoms with E-state index in [1.165, 1.54) is 0 Å². The summed E-state index contributed by atoms with van der Waals surface area (Å²) in [5, 5.41) is 5.58. The van der Waals surface area contributed by atoms with Gasteiger partial charge in [0.25, 0.3) is 0 Å². The second kappa shape index (κ2) is 8.89. The molecule has 2 N–H and O–H groups in total. The zero-order valence-electron chi connectivity index (χ0n) is 12.7. The maximum absolute atomic E-state index is 11.5. The minimum absolute atomic E-state index is 0.0830. The van der Waals surface area contributed by atoms with Gasteiger partial charge in [-0.1, -0.05) is 0 Å². The standard InChI is InChI=1S/C14H22N4O3/c1-4-21-13(20)9-16-12(19)6-5-7-15-14-17-10(2)8-11(3)18-14/h8H,4-7,9H2,1-3H3,(H,16,19)(H,15,17,18). The summed E-state index contributed by atoms with van der Waals surface area (Å²) in [6.45, 7) is 6.36. The average Bonchev–Trinajstić information content (AvgIpc) is 2.41. The summed E-state index contributed by atoms with van der Waals surface area (Å²) in [5.41, 5.74) is 1.80. The fourth-order valence-electron chi connectivity index (χ4n) is 1.73. The van der Waals surface area contributed by atoms with E-state index in [2.05, 4.69) is 20.6 Å². The monoisotopic (exact) mass is 294 g/mol. The first-order chi connectivity index (χ1) is 10.0. The molecule has 0 saturated heterocycles. The van der Waals surface area contributed by atoms with Crippen molar-refractivity contribution in [2.75, 3.05) is 25.0 Å². The first-order valence-electron chi connectivity index (χ1n) is 6.99. The molecule has 0 radical (unpaired) electrons. The van der Waals surface area contributed by atoms with Crippen LogP contribution in [0, 0.1) is 13.8 Å². The summed E-state index contributed by atoms with van der Waals surface area (Å²) < 4.78 is 4.72. The van der Waals surface area contributed by atoms with Gasteiger partial charge >= 0.3 is 5.97 Å². The molecular weight excluding hydrogens is 272 g/mol. The zero-order chi connectivity index (χ0) is 15.7. The molecule has 1 heterocycles. The highest BCUT2D eigenvalue weighted by atomic mass is 16.5. The number of esters is 1. The molecule has 0 spiro atoms. The summed E-state index contributed by atoms with van der Waals surface area (Å²) in [5.74, 6) is -0.0294. The largest absolute Gasteiger partial charge is 0.465 e. The third-order valence-electron chi connectivity index (χ3n) is 2.58. The van der Waals surface area contributed by atoms with E-state index < -0.39 is 5.97 Å². The summed E-state index contributed by atoms with van der Waals surface area (Å²) in [4.78, 5) is 31.0. The average molecular weight is 294 g/mol. The first-order valence-corrected chi connectivity index (χ1v) is 6.99. The van der Waals surface area contributed by atoms with Crippen LogP contribution in [-0.4, -0.2) is 41.5 Å². The normalized spacial score (nSPS) is 10.0. The lowest BCUT2D eigenvalue weighted by Gasteiger charge is -2.07. The van der Waals surface area contributed by atoms with Gasteiger partial charge in [0.2, 0.25) is 11.9 Å². The number of hydrogen-bond acceptors (Lipinski definition) is 6. The van der Waals surface area contributed by atoms with Gasteiger partial charge < -0.3 is 15.4 Å². The Morgan fingerprint density at radius 2 is 1.90 bits per heavy atom. The second-order valence-electron chi connectivity index (χ2n) is 4.59. The molecule has 116 valence electrons. The van der Waals surface area contributed by atoms with Crippen molar-refractivity contribution < 1.29 is 14.3 Å². The van der Waals surface area contributed by atoms with Crippen molar-refractivity contribution in [3.8, 4) is 0 Å². The summed E-state index contributed by atoms with van der Waals surface area (Å²) in [6.07, 6.45) is 0.961. The molecule has 0 saturated carbocycles. The smallest absolute Gasteiger partial charge is 0.325 e. The molecule has 0 unspecified atom stereocenters. The van der Waals surface area contributed by atoms with Gasteiger partial charge in [0.05, 0.1) is 6.61 Å². The van der Waals surface area contributed by atoms with Crippen LogP contribution in [0.15, 0.2) is 6.07 Å². The van der Waals surface area contributed by atoms with E-state index in [1.807, 2.05) is 19.9 Å². The quantitative estimate of drug-likeness (QED) is 0.548. The van der Waals surface area contributed by atoms with E-state index >= 15 is 0 Å². The Bertz CT molecular complexity index is 471. The van der Waals surface area contributed by atoms with Crippen LogP contribution in [0.25, 0.3) is 0 Å². The van der Waals surface area contributed by atoms with Gasteiger partial charge in [-0.05, 0) is 33.3 Å². The van der Waals surface area contributed by atoms with Crippen LogP contribution in [0.4, 0.5) is 5.95 Å². The van der Waals surface area contributed by atoms with Crippen molar-refractivity contribution >= 4 is 17.8 Å². The van der Waals surface area contributed by atoms with Crippen LogP contribution >= 0.6 is 0 Å². The van der Waals surface area contributed by atoms with Crippen molar-refractivity contribution in [1.82, 2.24) is 15.3 Å². The lowest BCUT2D eigenvalue weighted by molar-refractivity contribution is -0.143. The zero-order valence-corrected chi connectivity index (χ0v) is 12.7.